The van der Waals surface area contributed by atoms with Gasteiger partial charge in [0.15, 0.2) is 5.69 Å². The molecule has 0 saturated heterocycles. The highest BCUT2D eigenvalue weighted by atomic mass is 32.2. The molecule has 0 bridgehead atoms. The molecule has 2 aromatic rings. The van der Waals surface area contributed by atoms with Crippen molar-refractivity contribution in [1.82, 2.24) is 4.98 Å². The van der Waals surface area contributed by atoms with Gasteiger partial charge in [-0.1, -0.05) is 18.2 Å². The van der Waals surface area contributed by atoms with Gasteiger partial charge in [-0.05, 0) is 36.8 Å². The lowest BCUT2D eigenvalue weighted by molar-refractivity contribution is 0.0690. The monoisotopic (exact) mass is 306 g/mol. The number of nitrogens with zero attached hydrogens (tertiary/aromatic N) is 2. The number of aromatic carboxylic acids is 1. The molecule has 0 amide bonds. The Hall–Kier alpha value is -2.41. The molecular formula is C14H14N2O4S. The summed E-state index contributed by atoms with van der Waals surface area (Å²) in [5.41, 5.74) is 0.607. The summed E-state index contributed by atoms with van der Waals surface area (Å²) in [4.78, 5) is 14.9. The molecule has 1 aromatic carbocycles. The summed E-state index contributed by atoms with van der Waals surface area (Å²) in [6.07, 6.45) is 0. The van der Waals surface area contributed by atoms with Gasteiger partial charge in [0.1, 0.15) is 5.82 Å². The molecule has 2 rings (SSSR count). The number of pyridine rings is 1. The molecule has 0 aliphatic carbocycles. The van der Waals surface area contributed by atoms with E-state index in [0.717, 1.165) is 9.87 Å². The van der Waals surface area contributed by atoms with Crippen LogP contribution in [0.1, 0.15) is 16.1 Å². The fourth-order valence-electron chi connectivity index (χ4n) is 1.77. The molecule has 0 aliphatic heterocycles. The second-order valence-electron chi connectivity index (χ2n) is 4.48. The molecule has 0 spiro atoms. The summed E-state index contributed by atoms with van der Waals surface area (Å²) < 4.78 is 26.0. The molecule has 0 saturated carbocycles. The summed E-state index contributed by atoms with van der Waals surface area (Å²) in [5, 5.41) is 8.92. The number of rotatable bonds is 4. The van der Waals surface area contributed by atoms with Crippen LogP contribution in [-0.2, 0) is 10.0 Å². The highest BCUT2D eigenvalue weighted by Crippen LogP contribution is 2.21. The van der Waals surface area contributed by atoms with E-state index in [1.54, 1.807) is 25.1 Å². The minimum absolute atomic E-state index is 0.0522. The number of benzene rings is 1. The van der Waals surface area contributed by atoms with Gasteiger partial charge in [0.2, 0.25) is 0 Å². The van der Waals surface area contributed by atoms with E-state index in [1.165, 1.54) is 31.3 Å². The largest absolute Gasteiger partial charge is 0.477 e. The molecule has 0 atom stereocenters. The Labute approximate surface area is 122 Å². The number of anilines is 1. The van der Waals surface area contributed by atoms with Crippen LogP contribution in [0.3, 0.4) is 0 Å². The van der Waals surface area contributed by atoms with Crippen molar-refractivity contribution in [2.75, 3.05) is 11.4 Å². The van der Waals surface area contributed by atoms with Crippen LogP contribution in [0.4, 0.5) is 5.82 Å². The minimum atomic E-state index is -3.78. The fraction of sp³-hybridized carbons (Fsp3) is 0.143. The Morgan fingerprint density at radius 1 is 1.19 bits per heavy atom. The minimum Gasteiger partial charge on any atom is -0.477 e. The first kappa shape index (κ1) is 15.0. The van der Waals surface area contributed by atoms with Crippen molar-refractivity contribution < 1.29 is 18.3 Å². The Kier molecular flexibility index (Phi) is 3.95. The summed E-state index contributed by atoms with van der Waals surface area (Å²) in [5.74, 6) is -1.16. The van der Waals surface area contributed by atoms with Gasteiger partial charge in [0.05, 0.1) is 4.90 Å². The van der Waals surface area contributed by atoms with Crippen molar-refractivity contribution >= 4 is 21.8 Å². The van der Waals surface area contributed by atoms with Crippen LogP contribution < -0.4 is 4.31 Å². The Bertz CT molecular complexity index is 787. The number of hydrogen-bond acceptors (Lipinski definition) is 4. The molecule has 1 N–H and O–H groups in total. The molecule has 0 fully saturated rings. The number of aromatic nitrogens is 1. The summed E-state index contributed by atoms with van der Waals surface area (Å²) in [6, 6.07) is 10.7. The van der Waals surface area contributed by atoms with Gasteiger partial charge in [-0.15, -0.1) is 0 Å². The Balaban J connectivity index is 2.45. The average Bonchev–Trinajstić information content (AvgIpc) is 2.46. The van der Waals surface area contributed by atoms with Gasteiger partial charge in [-0.25, -0.2) is 18.2 Å². The van der Waals surface area contributed by atoms with Crippen LogP contribution in [0, 0.1) is 6.92 Å². The van der Waals surface area contributed by atoms with E-state index in [9.17, 15) is 13.2 Å². The van der Waals surface area contributed by atoms with E-state index in [0.29, 0.717) is 0 Å². The number of aryl methyl sites for hydroxylation is 1. The van der Waals surface area contributed by atoms with Crippen molar-refractivity contribution in [1.29, 1.82) is 0 Å². The molecule has 6 nitrogen and oxygen atoms in total. The lowest BCUT2D eigenvalue weighted by Gasteiger charge is -2.18. The summed E-state index contributed by atoms with van der Waals surface area (Å²) in [6.45, 7) is 1.79. The molecule has 0 unspecified atom stereocenters. The lowest BCUT2D eigenvalue weighted by Crippen LogP contribution is -2.27. The van der Waals surface area contributed by atoms with Crippen molar-refractivity contribution in [3.8, 4) is 0 Å². The predicted octanol–water partition coefficient (Wildman–Crippen LogP) is 1.91. The Morgan fingerprint density at radius 3 is 2.48 bits per heavy atom. The molecule has 110 valence electrons. The van der Waals surface area contributed by atoms with Gasteiger partial charge in [-0.2, -0.15) is 0 Å². The quantitative estimate of drug-likeness (QED) is 0.932. The molecule has 7 heteroatoms. The van der Waals surface area contributed by atoms with Gasteiger partial charge in [0, 0.05) is 7.05 Å². The van der Waals surface area contributed by atoms with E-state index in [4.69, 9.17) is 5.11 Å². The standard InChI is InChI=1S/C14H14N2O4S/c1-10-5-3-6-11(9-10)21(19,20)16(2)13-8-4-7-12(15-13)14(17)18/h3-9H,1-2H3,(H,17,18). The first-order valence-electron chi connectivity index (χ1n) is 6.08. The average molecular weight is 306 g/mol. The molecule has 21 heavy (non-hydrogen) atoms. The van der Waals surface area contributed by atoms with Crippen molar-refractivity contribution in [3.05, 3.63) is 53.7 Å². The molecule has 1 aromatic heterocycles. The Morgan fingerprint density at radius 2 is 1.86 bits per heavy atom. The number of sulfonamides is 1. The number of hydrogen-bond donors (Lipinski definition) is 1. The number of carbonyl (C=O) groups is 1. The number of carboxylic acid groups (broad SMARTS) is 1. The first-order valence-corrected chi connectivity index (χ1v) is 7.52. The highest BCUT2D eigenvalue weighted by molar-refractivity contribution is 7.92. The van der Waals surface area contributed by atoms with E-state index in [2.05, 4.69) is 4.98 Å². The van der Waals surface area contributed by atoms with Gasteiger partial charge in [0.25, 0.3) is 10.0 Å². The van der Waals surface area contributed by atoms with Crippen LogP contribution in [-0.4, -0.2) is 31.5 Å². The third-order valence-electron chi connectivity index (χ3n) is 2.92. The van der Waals surface area contributed by atoms with E-state index < -0.39 is 16.0 Å². The topological polar surface area (TPSA) is 87.6 Å². The molecule has 1 heterocycles. The highest BCUT2D eigenvalue weighted by Gasteiger charge is 2.22. The maximum Gasteiger partial charge on any atom is 0.354 e. The molecule has 0 radical (unpaired) electrons. The maximum absolute atomic E-state index is 12.5. The van der Waals surface area contributed by atoms with Crippen LogP contribution in [0.2, 0.25) is 0 Å². The van der Waals surface area contributed by atoms with Gasteiger partial charge < -0.3 is 5.11 Å². The zero-order chi connectivity index (χ0) is 15.6. The van der Waals surface area contributed by atoms with Crippen LogP contribution in [0.25, 0.3) is 0 Å². The normalized spacial score (nSPS) is 11.1. The summed E-state index contributed by atoms with van der Waals surface area (Å²) >= 11 is 0. The van der Waals surface area contributed by atoms with Crippen molar-refractivity contribution in [3.63, 3.8) is 0 Å². The second-order valence-corrected chi connectivity index (χ2v) is 6.44. The third kappa shape index (κ3) is 3.03. The van der Waals surface area contributed by atoms with E-state index >= 15 is 0 Å². The summed E-state index contributed by atoms with van der Waals surface area (Å²) in [7, 11) is -2.44. The van der Waals surface area contributed by atoms with Gasteiger partial charge >= 0.3 is 5.97 Å². The third-order valence-corrected chi connectivity index (χ3v) is 4.68. The van der Waals surface area contributed by atoms with E-state index in [1.807, 2.05) is 0 Å². The number of carboxylic acids is 1. The molecule has 0 aliphatic rings. The second kappa shape index (κ2) is 5.53. The van der Waals surface area contributed by atoms with Crippen LogP contribution in [0.15, 0.2) is 47.4 Å². The van der Waals surface area contributed by atoms with Crippen LogP contribution >= 0.6 is 0 Å². The lowest BCUT2D eigenvalue weighted by atomic mass is 10.2. The first-order chi connectivity index (χ1) is 9.82. The molecular weight excluding hydrogens is 292 g/mol. The van der Waals surface area contributed by atoms with Crippen LogP contribution in [0.5, 0.6) is 0 Å². The predicted molar refractivity (Wildman–Crippen MR) is 78.0 cm³/mol. The smallest absolute Gasteiger partial charge is 0.354 e. The maximum atomic E-state index is 12.5. The van der Waals surface area contributed by atoms with Gasteiger partial charge in [-0.3, -0.25) is 4.31 Å². The fourth-order valence-corrected chi connectivity index (χ4v) is 3.02. The zero-order valence-electron chi connectivity index (χ0n) is 11.5. The van der Waals surface area contributed by atoms with Crippen molar-refractivity contribution in [2.24, 2.45) is 0 Å². The zero-order valence-corrected chi connectivity index (χ0v) is 12.3. The van der Waals surface area contributed by atoms with E-state index in [-0.39, 0.29) is 16.4 Å². The van der Waals surface area contributed by atoms with Crippen molar-refractivity contribution in [2.45, 2.75) is 11.8 Å². The SMILES string of the molecule is Cc1cccc(S(=O)(=O)N(C)c2cccc(C(=O)O)n2)c1.